The predicted molar refractivity (Wildman–Crippen MR) is 57.6 cm³/mol. The van der Waals surface area contributed by atoms with E-state index in [0.717, 1.165) is 16.5 Å². The number of nitrogens with one attached hydrogen (secondary N) is 1. The molecule has 0 saturated heterocycles. The molecule has 0 aliphatic rings. The fraction of sp³-hybridized carbons (Fsp3) is 0.182. The number of H-pyrrole nitrogens is 1. The molecule has 0 radical (unpaired) electrons. The number of carboxylic acids is 1. The molecule has 0 aliphatic heterocycles. The van der Waals surface area contributed by atoms with Gasteiger partial charge >= 0.3 is 5.97 Å². The van der Waals surface area contributed by atoms with E-state index < -0.39 is 12.0 Å². The Morgan fingerprint density at radius 1 is 1.67 bits per heavy atom. The smallest absolute Gasteiger partial charge is 0.320 e. The van der Waals surface area contributed by atoms with E-state index in [0.29, 0.717) is 6.04 Å². The zero-order valence-electron chi connectivity index (χ0n) is 9.03. The van der Waals surface area contributed by atoms with E-state index in [1.54, 1.807) is 24.4 Å². The number of nitrogens with two attached hydrogens (primary N) is 1. The number of para-hydroxylation sites is 1. The number of benzene rings is 1. The molecule has 1 heterocycles. The number of carbonyl (C=O) groups is 1. The topological polar surface area (TPSA) is 79.1 Å². The third kappa shape index (κ3) is 1.85. The zero-order chi connectivity index (χ0) is 11.7. The molecule has 4 nitrogen and oxygen atoms in total. The van der Waals surface area contributed by atoms with Gasteiger partial charge in [-0.2, -0.15) is 0 Å². The summed E-state index contributed by atoms with van der Waals surface area (Å²) in [5.41, 5.74) is 7.20. The second-order valence-electron chi connectivity index (χ2n) is 3.43. The van der Waals surface area contributed by atoms with Crippen LogP contribution in [-0.2, 0) is 11.2 Å². The summed E-state index contributed by atoms with van der Waals surface area (Å²) >= 11 is 0. The molecule has 2 rings (SSSR count). The average molecular weight is 206 g/mol. The molecule has 15 heavy (non-hydrogen) atoms. The first-order valence-corrected chi connectivity index (χ1v) is 4.63. The second kappa shape index (κ2) is 3.74. The van der Waals surface area contributed by atoms with Crippen molar-refractivity contribution in [3.05, 3.63) is 36.0 Å². The van der Waals surface area contributed by atoms with Crippen LogP contribution in [-0.4, -0.2) is 22.1 Å². The van der Waals surface area contributed by atoms with E-state index in [2.05, 4.69) is 4.98 Å². The third-order valence-corrected chi connectivity index (χ3v) is 2.37. The van der Waals surface area contributed by atoms with Gasteiger partial charge in [0.25, 0.3) is 0 Å². The molecule has 1 atom stereocenters. The van der Waals surface area contributed by atoms with Crippen molar-refractivity contribution in [2.75, 3.05) is 0 Å². The van der Waals surface area contributed by atoms with Crippen molar-refractivity contribution in [2.24, 2.45) is 5.73 Å². The highest BCUT2D eigenvalue weighted by Gasteiger charge is 2.14. The number of rotatable bonds is 3. The van der Waals surface area contributed by atoms with E-state index in [1.165, 1.54) is 0 Å². The lowest BCUT2D eigenvalue weighted by Gasteiger charge is -2.04. The van der Waals surface area contributed by atoms with Crippen molar-refractivity contribution in [3.8, 4) is 0 Å². The Morgan fingerprint density at radius 3 is 3.20 bits per heavy atom. The van der Waals surface area contributed by atoms with E-state index in [9.17, 15) is 4.79 Å². The van der Waals surface area contributed by atoms with Crippen LogP contribution < -0.4 is 5.73 Å². The second-order valence-corrected chi connectivity index (χ2v) is 3.43. The third-order valence-electron chi connectivity index (χ3n) is 2.37. The van der Waals surface area contributed by atoms with Gasteiger partial charge in [0.15, 0.2) is 0 Å². The van der Waals surface area contributed by atoms with Gasteiger partial charge in [0.2, 0.25) is 0 Å². The molecule has 0 aliphatic carbocycles. The predicted octanol–water partition coefficient (Wildman–Crippen LogP) is 1.12. The zero-order valence-corrected chi connectivity index (χ0v) is 8.03. The lowest BCUT2D eigenvalue weighted by molar-refractivity contribution is -0.138. The van der Waals surface area contributed by atoms with Crippen LogP contribution in [0, 0.1) is 0 Å². The van der Waals surface area contributed by atoms with Crippen molar-refractivity contribution in [2.45, 2.75) is 12.5 Å². The molecule has 0 fully saturated rings. The van der Waals surface area contributed by atoms with Crippen LogP contribution in [0.15, 0.2) is 30.4 Å². The molecule has 0 spiro atoms. The average Bonchev–Trinajstić information content (AvgIpc) is 2.61. The van der Waals surface area contributed by atoms with E-state index in [4.69, 9.17) is 12.2 Å². The van der Waals surface area contributed by atoms with Gasteiger partial charge in [0.05, 0.1) is 1.37 Å². The highest BCUT2D eigenvalue weighted by Crippen LogP contribution is 2.18. The summed E-state index contributed by atoms with van der Waals surface area (Å²) in [5, 5.41) is 9.60. The molecule has 0 amide bonds. The minimum atomic E-state index is -1.02. The van der Waals surface area contributed by atoms with Crippen LogP contribution >= 0.6 is 0 Å². The molecule has 2 aromatic rings. The minimum absolute atomic E-state index is 0.263. The lowest BCUT2D eigenvalue weighted by atomic mass is 10.1. The Kier molecular flexibility index (Phi) is 2.12. The number of aliphatic carboxylic acids is 1. The number of aromatic amines is 1. The minimum Gasteiger partial charge on any atom is -0.480 e. The standard InChI is InChI=1S/C11H12N2O2/c12-9(11(14)15)5-7-6-13-10-4-2-1-3-8(7)10/h1-4,6,9,13H,5,12H2,(H,14,15)/t9-/m0/s1/i1T. The van der Waals surface area contributed by atoms with E-state index in [1.807, 2.05) is 0 Å². The van der Waals surface area contributed by atoms with Crippen LogP contribution in [0.2, 0.25) is 0 Å². The normalized spacial score (nSPS) is 13.8. The quantitative estimate of drug-likeness (QED) is 0.704. The van der Waals surface area contributed by atoms with Crippen molar-refractivity contribution >= 4 is 16.9 Å². The van der Waals surface area contributed by atoms with Gasteiger partial charge < -0.3 is 15.8 Å². The molecule has 1 aromatic heterocycles. The SMILES string of the molecule is [3H]c1ccc2[nH]cc(C[C@H](N)C(=O)O)c2c1. The summed E-state index contributed by atoms with van der Waals surface area (Å²) in [4.78, 5) is 13.7. The van der Waals surface area contributed by atoms with Gasteiger partial charge in [-0.25, -0.2) is 0 Å². The number of fused-ring (bicyclic) bond motifs is 1. The molecular formula is C11H12N2O2. The van der Waals surface area contributed by atoms with Crippen LogP contribution in [0.25, 0.3) is 10.9 Å². The van der Waals surface area contributed by atoms with Gasteiger partial charge in [0.1, 0.15) is 6.04 Å². The monoisotopic (exact) mass is 206 g/mol. The first kappa shape index (κ1) is 8.49. The summed E-state index contributed by atoms with van der Waals surface area (Å²) < 4.78 is 7.52. The van der Waals surface area contributed by atoms with Crippen molar-refractivity contribution < 1.29 is 11.3 Å². The van der Waals surface area contributed by atoms with Crippen molar-refractivity contribution in [1.82, 2.24) is 4.98 Å². The summed E-state index contributed by atoms with van der Waals surface area (Å²) in [6, 6.07) is 4.67. The van der Waals surface area contributed by atoms with Gasteiger partial charge in [-0.1, -0.05) is 18.2 Å². The van der Waals surface area contributed by atoms with Crippen molar-refractivity contribution in [1.29, 1.82) is 0 Å². The Bertz CT molecular complexity index is 536. The fourth-order valence-electron chi connectivity index (χ4n) is 1.56. The maximum atomic E-state index is 10.7. The van der Waals surface area contributed by atoms with E-state index in [-0.39, 0.29) is 6.42 Å². The van der Waals surface area contributed by atoms with Gasteiger partial charge in [0, 0.05) is 23.5 Å². The summed E-state index contributed by atoms with van der Waals surface area (Å²) in [5.74, 6) is -1.02. The lowest BCUT2D eigenvalue weighted by Crippen LogP contribution is -2.32. The van der Waals surface area contributed by atoms with Gasteiger partial charge in [-0.05, 0) is 11.6 Å². The first-order valence-electron chi connectivity index (χ1n) is 5.13. The maximum absolute atomic E-state index is 10.7. The van der Waals surface area contributed by atoms with Crippen LogP contribution in [0.5, 0.6) is 0 Å². The van der Waals surface area contributed by atoms with Gasteiger partial charge in [-0.15, -0.1) is 0 Å². The largest absolute Gasteiger partial charge is 0.480 e. The maximum Gasteiger partial charge on any atom is 0.320 e. The summed E-state index contributed by atoms with van der Waals surface area (Å²) in [7, 11) is 0. The molecule has 1 aromatic carbocycles. The molecule has 0 saturated carbocycles. The van der Waals surface area contributed by atoms with Crippen LogP contribution in [0.1, 0.15) is 6.93 Å². The number of carboxylic acid groups (broad SMARTS) is 1. The number of hydrogen-bond donors (Lipinski definition) is 3. The van der Waals surface area contributed by atoms with Crippen LogP contribution in [0.3, 0.4) is 0 Å². The molecular weight excluding hydrogens is 192 g/mol. The highest BCUT2D eigenvalue weighted by molar-refractivity contribution is 5.84. The molecule has 4 N–H and O–H groups in total. The van der Waals surface area contributed by atoms with Crippen molar-refractivity contribution in [3.63, 3.8) is 0 Å². The molecule has 4 heteroatoms. The summed E-state index contributed by atoms with van der Waals surface area (Å²) in [6.07, 6.45) is 2.01. The number of hydrogen-bond acceptors (Lipinski definition) is 2. The van der Waals surface area contributed by atoms with E-state index >= 15 is 0 Å². The molecule has 0 unspecified atom stereocenters. The Hall–Kier alpha value is -1.81. The first-order chi connectivity index (χ1) is 7.58. The molecule has 0 bridgehead atoms. The van der Waals surface area contributed by atoms with Crippen LogP contribution in [0.4, 0.5) is 0 Å². The molecule has 78 valence electrons. The Labute approximate surface area is 88.1 Å². The Balaban J connectivity index is 2.37. The summed E-state index contributed by atoms with van der Waals surface area (Å²) in [6.45, 7) is 0. The van der Waals surface area contributed by atoms with Gasteiger partial charge in [-0.3, -0.25) is 4.79 Å². The fourth-order valence-corrected chi connectivity index (χ4v) is 1.56. The highest BCUT2D eigenvalue weighted by atomic mass is 16.4. The Morgan fingerprint density at radius 2 is 2.47 bits per heavy atom. The number of aromatic nitrogens is 1.